The molecule has 2 heterocycles. The van der Waals surface area contributed by atoms with Crippen LogP contribution in [0.1, 0.15) is 22.3 Å². The number of hydrogen-bond acceptors (Lipinski definition) is 5. The average molecular weight is 421 g/mol. The summed E-state index contributed by atoms with van der Waals surface area (Å²) in [7, 11) is -3.19. The van der Waals surface area contributed by atoms with Gasteiger partial charge in [-0.25, -0.2) is 4.52 Å². The van der Waals surface area contributed by atoms with E-state index in [0.717, 1.165) is 19.2 Å². The van der Waals surface area contributed by atoms with E-state index in [1.807, 2.05) is 6.07 Å². The van der Waals surface area contributed by atoms with Crippen LogP contribution in [0, 0.1) is 18.3 Å². The second-order valence-electron chi connectivity index (χ2n) is 6.12. The first kappa shape index (κ1) is 20.3. The number of aromatic nitrogens is 2. The third kappa shape index (κ3) is 3.93. The largest absolute Gasteiger partial charge is 0.416 e. The first-order chi connectivity index (χ1) is 13.5. The van der Waals surface area contributed by atoms with E-state index >= 15 is 0 Å². The van der Waals surface area contributed by atoms with E-state index in [-0.39, 0.29) is 5.56 Å². The van der Waals surface area contributed by atoms with Gasteiger partial charge in [0.1, 0.15) is 0 Å². The van der Waals surface area contributed by atoms with Gasteiger partial charge in [0.15, 0.2) is 0 Å². The van der Waals surface area contributed by atoms with Gasteiger partial charge in [-0.1, -0.05) is 6.07 Å². The Morgan fingerprint density at radius 1 is 1.28 bits per heavy atom. The van der Waals surface area contributed by atoms with Crippen LogP contribution in [0.2, 0.25) is 0 Å². The molecule has 0 saturated heterocycles. The Morgan fingerprint density at radius 3 is 2.66 bits per heavy atom. The molecule has 150 valence electrons. The molecule has 0 aliphatic rings. The summed E-state index contributed by atoms with van der Waals surface area (Å²) in [5.74, 6) is 0. The van der Waals surface area contributed by atoms with Crippen molar-refractivity contribution < 1.29 is 21.6 Å². The summed E-state index contributed by atoms with van der Waals surface area (Å²) in [6, 6.07) is 7.62. The number of pyridine rings is 1. The molecular weight excluding hydrogens is 407 g/mol. The summed E-state index contributed by atoms with van der Waals surface area (Å²) in [5.41, 5.74) is 0.437. The quantitative estimate of drug-likeness (QED) is 0.478. The van der Waals surface area contributed by atoms with Crippen molar-refractivity contribution in [3.8, 4) is 6.07 Å². The number of aryl methyl sites for hydroxylation is 1. The monoisotopic (exact) mass is 421 g/mol. The van der Waals surface area contributed by atoms with Gasteiger partial charge in [0.25, 0.3) is 10.0 Å². The number of sulfonamides is 1. The van der Waals surface area contributed by atoms with E-state index in [0.29, 0.717) is 27.1 Å². The molecular formula is C18H14F3N5O2S. The zero-order valence-electron chi connectivity index (χ0n) is 15.2. The maximum absolute atomic E-state index is 13.0. The predicted molar refractivity (Wildman–Crippen MR) is 98.6 cm³/mol. The number of halogens is 3. The molecule has 29 heavy (non-hydrogen) atoms. The smallest absolute Gasteiger partial charge is 0.240 e. The summed E-state index contributed by atoms with van der Waals surface area (Å²) in [4.78, 5) is -0.487. The van der Waals surface area contributed by atoms with Crippen molar-refractivity contribution in [3.05, 3.63) is 65.0 Å². The van der Waals surface area contributed by atoms with E-state index in [4.69, 9.17) is 5.26 Å². The van der Waals surface area contributed by atoms with Crippen LogP contribution in [-0.4, -0.2) is 35.7 Å². The minimum absolute atomic E-state index is 0.162. The molecule has 3 aromatic rings. The highest BCUT2D eigenvalue weighted by atomic mass is 32.2. The molecule has 11 heteroatoms. The maximum atomic E-state index is 13.0. The van der Waals surface area contributed by atoms with E-state index < -0.39 is 26.7 Å². The molecule has 0 aliphatic carbocycles. The van der Waals surface area contributed by atoms with Gasteiger partial charge in [0, 0.05) is 18.8 Å². The number of benzene rings is 1. The number of rotatable bonds is 4. The molecule has 3 rings (SSSR count). The second kappa shape index (κ2) is 7.21. The zero-order valence-corrected chi connectivity index (χ0v) is 16.0. The Bertz CT molecular complexity index is 1260. The number of hydrogen-bond donors (Lipinski definition) is 0. The van der Waals surface area contributed by atoms with Crippen LogP contribution < -0.4 is 0 Å². The second-order valence-corrected chi connectivity index (χ2v) is 8.04. The first-order valence-electron chi connectivity index (χ1n) is 8.12. The molecule has 0 radical (unpaired) electrons. The van der Waals surface area contributed by atoms with Crippen molar-refractivity contribution in [3.63, 3.8) is 0 Å². The van der Waals surface area contributed by atoms with Crippen LogP contribution in [-0.2, 0) is 16.2 Å². The summed E-state index contributed by atoms with van der Waals surface area (Å²) < 4.78 is 66.4. The van der Waals surface area contributed by atoms with Gasteiger partial charge in [-0.2, -0.15) is 41.5 Å². The van der Waals surface area contributed by atoms with E-state index in [9.17, 15) is 21.6 Å². The highest BCUT2D eigenvalue weighted by Gasteiger charge is 2.33. The third-order valence-corrected chi connectivity index (χ3v) is 5.97. The molecule has 0 aliphatic heterocycles. The van der Waals surface area contributed by atoms with Crippen LogP contribution >= 0.6 is 0 Å². The summed E-state index contributed by atoms with van der Waals surface area (Å²) in [5, 5.41) is 16.9. The molecule has 0 bridgehead atoms. The van der Waals surface area contributed by atoms with Crippen molar-refractivity contribution in [1.82, 2.24) is 14.0 Å². The van der Waals surface area contributed by atoms with Crippen molar-refractivity contribution in [2.75, 3.05) is 7.05 Å². The van der Waals surface area contributed by atoms with E-state index in [1.165, 1.54) is 23.9 Å². The van der Waals surface area contributed by atoms with Crippen LogP contribution in [0.4, 0.5) is 13.2 Å². The van der Waals surface area contributed by atoms with E-state index in [1.54, 1.807) is 18.3 Å². The first-order valence-corrected chi connectivity index (χ1v) is 9.56. The molecule has 0 fully saturated rings. The van der Waals surface area contributed by atoms with Crippen molar-refractivity contribution >= 4 is 21.8 Å². The number of hydrazone groups is 1. The van der Waals surface area contributed by atoms with Crippen LogP contribution in [0.15, 0.2) is 52.7 Å². The average Bonchev–Trinajstić information content (AvgIpc) is 3.07. The summed E-state index contributed by atoms with van der Waals surface area (Å²) in [6.07, 6.45) is -0.465. The van der Waals surface area contributed by atoms with E-state index in [2.05, 4.69) is 10.2 Å². The SMILES string of the molecule is Cc1ccc(C(F)(F)F)cc1S(=O)(=O)N(C)N=Cc1cnn2ccc(C#N)cc12. The van der Waals surface area contributed by atoms with Crippen molar-refractivity contribution in [2.24, 2.45) is 5.10 Å². The zero-order chi connectivity index (χ0) is 21.4. The van der Waals surface area contributed by atoms with Crippen molar-refractivity contribution in [2.45, 2.75) is 18.0 Å². The van der Waals surface area contributed by atoms with Gasteiger partial charge in [-0.05, 0) is 36.8 Å². The molecule has 0 unspecified atom stereocenters. The standard InChI is InChI=1S/C18H14F3N5O2S/c1-12-3-4-15(18(19,20)21)8-17(12)29(27,28)25(2)23-10-14-11-24-26-6-5-13(9-22)7-16(14)26/h3-8,10-11H,1-2H3. The van der Waals surface area contributed by atoms with Gasteiger partial charge >= 0.3 is 6.18 Å². The van der Waals surface area contributed by atoms with Gasteiger partial charge in [-0.3, -0.25) is 0 Å². The van der Waals surface area contributed by atoms with Crippen LogP contribution in [0.3, 0.4) is 0 Å². The maximum Gasteiger partial charge on any atom is 0.416 e. The predicted octanol–water partition coefficient (Wildman–Crippen LogP) is 3.19. The number of alkyl halides is 3. The molecule has 0 saturated carbocycles. The Balaban J connectivity index is 1.97. The summed E-state index contributed by atoms with van der Waals surface area (Å²) in [6.45, 7) is 1.40. The molecule has 0 amide bonds. The molecule has 0 atom stereocenters. The number of nitriles is 1. The Labute approximate surface area is 164 Å². The fourth-order valence-corrected chi connectivity index (χ4v) is 3.78. The molecule has 0 N–H and O–H groups in total. The van der Waals surface area contributed by atoms with Gasteiger partial charge in [-0.15, -0.1) is 0 Å². The van der Waals surface area contributed by atoms with Crippen LogP contribution in [0.25, 0.3) is 5.52 Å². The fraction of sp³-hybridized carbons (Fsp3) is 0.167. The Hall–Kier alpha value is -3.39. The highest BCUT2D eigenvalue weighted by Crippen LogP contribution is 2.32. The Kier molecular flexibility index (Phi) is 5.06. The van der Waals surface area contributed by atoms with Gasteiger partial charge < -0.3 is 0 Å². The summed E-state index contributed by atoms with van der Waals surface area (Å²) >= 11 is 0. The molecule has 2 aromatic heterocycles. The Morgan fingerprint density at radius 2 is 2.00 bits per heavy atom. The molecule has 7 nitrogen and oxygen atoms in total. The minimum Gasteiger partial charge on any atom is -0.240 e. The lowest BCUT2D eigenvalue weighted by molar-refractivity contribution is -0.137. The van der Waals surface area contributed by atoms with Crippen molar-refractivity contribution in [1.29, 1.82) is 5.26 Å². The topological polar surface area (TPSA) is 90.8 Å². The normalized spacial score (nSPS) is 12.4. The third-order valence-electron chi connectivity index (χ3n) is 4.18. The lowest BCUT2D eigenvalue weighted by atomic mass is 10.1. The fourth-order valence-electron chi connectivity index (χ4n) is 2.57. The van der Waals surface area contributed by atoms with Gasteiger partial charge in [0.2, 0.25) is 0 Å². The van der Waals surface area contributed by atoms with Gasteiger partial charge in [0.05, 0.1) is 40.0 Å². The lowest BCUT2D eigenvalue weighted by Gasteiger charge is -2.17. The number of nitrogens with zero attached hydrogens (tertiary/aromatic N) is 5. The number of fused-ring (bicyclic) bond motifs is 1. The minimum atomic E-state index is -4.67. The molecule has 0 spiro atoms. The highest BCUT2D eigenvalue weighted by molar-refractivity contribution is 7.89. The molecule has 1 aromatic carbocycles. The van der Waals surface area contributed by atoms with Crippen LogP contribution in [0.5, 0.6) is 0 Å². The lowest BCUT2D eigenvalue weighted by Crippen LogP contribution is -2.23.